The minimum Gasteiger partial charge on any atom is -0.451 e. The van der Waals surface area contributed by atoms with Crippen LogP contribution in [0.15, 0.2) is 24.3 Å². The first kappa shape index (κ1) is 19.4. The molecule has 4 amide bonds. The van der Waals surface area contributed by atoms with Crippen molar-refractivity contribution in [3.63, 3.8) is 0 Å². The fraction of sp³-hybridized carbons (Fsp3) is 0.421. The maximum Gasteiger partial charge on any atom is 0.327 e. The molecular formula is C19H20N4O5. The molecule has 2 aliphatic rings. The Hall–Kier alpha value is -3.41. The number of para-hydroxylation sites is 1. The summed E-state index contributed by atoms with van der Waals surface area (Å²) in [5.74, 6) is -1.89. The van der Waals surface area contributed by atoms with Gasteiger partial charge in [0.25, 0.3) is 11.8 Å². The molecule has 146 valence electrons. The van der Waals surface area contributed by atoms with Crippen LogP contribution in [0.4, 0.5) is 10.5 Å². The molecular weight excluding hydrogens is 364 g/mol. The first-order chi connectivity index (χ1) is 13.3. The number of carbonyl (C=O) groups is 4. The number of ether oxygens (including phenoxy) is 1. The summed E-state index contributed by atoms with van der Waals surface area (Å²) in [5, 5.41) is 14.2. The normalized spacial score (nSPS) is 22.2. The van der Waals surface area contributed by atoms with E-state index in [9.17, 15) is 19.2 Å². The number of hydrogen-bond acceptors (Lipinski definition) is 6. The van der Waals surface area contributed by atoms with E-state index < -0.39 is 42.0 Å². The highest BCUT2D eigenvalue weighted by atomic mass is 16.5. The number of carbonyl (C=O) groups excluding carboxylic acids is 4. The Labute approximate surface area is 161 Å². The molecule has 0 spiro atoms. The Kier molecular flexibility index (Phi) is 5.05. The Balaban J connectivity index is 1.57. The van der Waals surface area contributed by atoms with Crippen molar-refractivity contribution in [2.45, 2.75) is 38.3 Å². The van der Waals surface area contributed by atoms with Gasteiger partial charge in [0.2, 0.25) is 0 Å². The third kappa shape index (κ3) is 3.67. The fourth-order valence-corrected chi connectivity index (χ4v) is 3.14. The molecule has 2 atom stereocenters. The van der Waals surface area contributed by atoms with E-state index in [4.69, 9.17) is 10.00 Å². The minimum atomic E-state index is -1.17. The molecule has 0 aromatic heterocycles. The summed E-state index contributed by atoms with van der Waals surface area (Å²) in [4.78, 5) is 49.8. The highest BCUT2D eigenvalue weighted by Gasteiger charge is 2.56. The van der Waals surface area contributed by atoms with Crippen LogP contribution >= 0.6 is 0 Å². The van der Waals surface area contributed by atoms with Crippen LogP contribution in [-0.2, 0) is 19.1 Å². The van der Waals surface area contributed by atoms with Crippen molar-refractivity contribution in [3.05, 3.63) is 29.8 Å². The summed E-state index contributed by atoms with van der Waals surface area (Å²) in [7, 11) is 0. The number of benzene rings is 1. The smallest absolute Gasteiger partial charge is 0.327 e. The fourth-order valence-electron chi connectivity index (χ4n) is 3.14. The number of nitrogens with zero attached hydrogens (tertiary/aromatic N) is 2. The van der Waals surface area contributed by atoms with Crippen LogP contribution in [0.5, 0.6) is 0 Å². The summed E-state index contributed by atoms with van der Waals surface area (Å²) in [5.41, 5.74) is -0.415. The van der Waals surface area contributed by atoms with Crippen molar-refractivity contribution in [3.8, 4) is 6.07 Å². The lowest BCUT2D eigenvalue weighted by Gasteiger charge is -2.21. The Morgan fingerprint density at radius 1 is 1.39 bits per heavy atom. The van der Waals surface area contributed by atoms with Gasteiger partial charge in [-0.3, -0.25) is 19.3 Å². The van der Waals surface area contributed by atoms with Gasteiger partial charge in [-0.05, 0) is 44.7 Å². The number of amides is 4. The first-order valence-electron chi connectivity index (χ1n) is 8.90. The molecule has 1 heterocycles. The number of urea groups is 1. The standard InChI is InChI=1S/C19H20N4O5/c1-11(16(25)21-14-6-4-3-5-12(14)9-20)28-15(24)10-23-17(26)19(2,13-7-8-13)22-18(23)27/h3-6,11,13H,7-8,10H2,1-2H3,(H,21,25)(H,22,27)/t11-,19-/m1/s1. The molecule has 1 aromatic rings. The highest BCUT2D eigenvalue weighted by molar-refractivity contribution is 6.09. The largest absolute Gasteiger partial charge is 0.451 e. The van der Waals surface area contributed by atoms with E-state index >= 15 is 0 Å². The van der Waals surface area contributed by atoms with Crippen molar-refractivity contribution in [1.82, 2.24) is 10.2 Å². The average molecular weight is 384 g/mol. The van der Waals surface area contributed by atoms with E-state index in [0.29, 0.717) is 5.69 Å². The Morgan fingerprint density at radius 3 is 2.71 bits per heavy atom. The second-order valence-corrected chi connectivity index (χ2v) is 7.08. The summed E-state index contributed by atoms with van der Waals surface area (Å²) in [6, 6.07) is 7.71. The molecule has 1 saturated carbocycles. The van der Waals surface area contributed by atoms with E-state index in [1.807, 2.05) is 6.07 Å². The van der Waals surface area contributed by atoms with Crippen LogP contribution < -0.4 is 10.6 Å². The van der Waals surface area contributed by atoms with Crippen molar-refractivity contribution in [2.75, 3.05) is 11.9 Å². The van der Waals surface area contributed by atoms with Gasteiger partial charge in [-0.25, -0.2) is 4.79 Å². The van der Waals surface area contributed by atoms with Crippen LogP contribution in [0.2, 0.25) is 0 Å². The number of nitriles is 1. The van der Waals surface area contributed by atoms with Crippen LogP contribution in [0, 0.1) is 17.2 Å². The Bertz CT molecular complexity index is 889. The third-order valence-corrected chi connectivity index (χ3v) is 4.97. The molecule has 1 aromatic carbocycles. The quantitative estimate of drug-likeness (QED) is 0.559. The predicted octanol–water partition coefficient (Wildman–Crippen LogP) is 1.15. The van der Waals surface area contributed by atoms with Gasteiger partial charge in [-0.15, -0.1) is 0 Å². The van der Waals surface area contributed by atoms with Crippen molar-refractivity contribution >= 4 is 29.5 Å². The van der Waals surface area contributed by atoms with Gasteiger partial charge in [-0.1, -0.05) is 12.1 Å². The SMILES string of the molecule is C[C@@H](OC(=O)CN1C(=O)N[C@](C)(C2CC2)C1=O)C(=O)Nc1ccccc1C#N. The molecule has 1 saturated heterocycles. The van der Waals surface area contributed by atoms with Crippen molar-refractivity contribution in [2.24, 2.45) is 5.92 Å². The first-order valence-corrected chi connectivity index (χ1v) is 8.90. The van der Waals surface area contributed by atoms with Crippen molar-refractivity contribution in [1.29, 1.82) is 5.26 Å². The summed E-state index contributed by atoms with van der Waals surface area (Å²) >= 11 is 0. The van der Waals surface area contributed by atoms with E-state index in [-0.39, 0.29) is 11.5 Å². The number of esters is 1. The summed E-state index contributed by atoms with van der Waals surface area (Å²) in [6.45, 7) is 2.45. The average Bonchev–Trinajstić information content (AvgIpc) is 3.48. The zero-order chi connectivity index (χ0) is 20.5. The molecule has 0 radical (unpaired) electrons. The van der Waals surface area contributed by atoms with Gasteiger partial charge < -0.3 is 15.4 Å². The lowest BCUT2D eigenvalue weighted by atomic mass is 9.96. The van der Waals surface area contributed by atoms with E-state index in [0.717, 1.165) is 17.7 Å². The Morgan fingerprint density at radius 2 is 2.07 bits per heavy atom. The number of rotatable bonds is 6. The number of imide groups is 1. The molecule has 1 aliphatic carbocycles. The third-order valence-electron chi connectivity index (χ3n) is 4.97. The molecule has 1 aliphatic heterocycles. The van der Waals surface area contributed by atoms with Crippen LogP contribution in [0.1, 0.15) is 32.3 Å². The zero-order valence-corrected chi connectivity index (χ0v) is 15.5. The molecule has 2 fully saturated rings. The highest BCUT2D eigenvalue weighted by Crippen LogP contribution is 2.42. The van der Waals surface area contributed by atoms with Gasteiger partial charge in [-0.2, -0.15) is 5.26 Å². The van der Waals surface area contributed by atoms with E-state index in [1.165, 1.54) is 6.92 Å². The van der Waals surface area contributed by atoms with Gasteiger partial charge in [0, 0.05) is 0 Å². The predicted molar refractivity (Wildman–Crippen MR) is 96.7 cm³/mol. The number of anilines is 1. The van der Waals surface area contributed by atoms with Crippen LogP contribution in [-0.4, -0.2) is 46.9 Å². The summed E-state index contributed by atoms with van der Waals surface area (Å²) < 4.78 is 5.05. The molecule has 9 heteroatoms. The lowest BCUT2D eigenvalue weighted by Crippen LogP contribution is -2.46. The molecule has 9 nitrogen and oxygen atoms in total. The maximum absolute atomic E-state index is 12.5. The zero-order valence-electron chi connectivity index (χ0n) is 15.5. The minimum absolute atomic E-state index is 0.0786. The second-order valence-electron chi connectivity index (χ2n) is 7.08. The second kappa shape index (κ2) is 7.31. The van der Waals surface area contributed by atoms with Gasteiger partial charge >= 0.3 is 12.0 Å². The maximum atomic E-state index is 12.5. The monoisotopic (exact) mass is 384 g/mol. The number of nitrogens with one attached hydrogen (secondary N) is 2. The van der Waals surface area contributed by atoms with Gasteiger partial charge in [0.05, 0.1) is 11.3 Å². The van der Waals surface area contributed by atoms with Crippen LogP contribution in [0.25, 0.3) is 0 Å². The molecule has 28 heavy (non-hydrogen) atoms. The molecule has 2 N–H and O–H groups in total. The summed E-state index contributed by atoms with van der Waals surface area (Å²) in [6.07, 6.45) is 0.527. The molecule has 0 bridgehead atoms. The van der Waals surface area contributed by atoms with Gasteiger partial charge in [0.1, 0.15) is 18.2 Å². The topological polar surface area (TPSA) is 129 Å². The van der Waals surface area contributed by atoms with Gasteiger partial charge in [0.15, 0.2) is 6.10 Å². The van der Waals surface area contributed by atoms with Crippen LogP contribution in [0.3, 0.4) is 0 Å². The molecule has 3 rings (SSSR count). The molecule has 0 unspecified atom stereocenters. The van der Waals surface area contributed by atoms with E-state index in [2.05, 4.69) is 10.6 Å². The van der Waals surface area contributed by atoms with Crippen molar-refractivity contribution < 1.29 is 23.9 Å². The van der Waals surface area contributed by atoms with E-state index in [1.54, 1.807) is 31.2 Å². The number of hydrogen-bond donors (Lipinski definition) is 2. The lowest BCUT2D eigenvalue weighted by molar-refractivity contribution is -0.155.